The molecule has 0 spiro atoms. The summed E-state index contributed by atoms with van der Waals surface area (Å²) in [5.41, 5.74) is 0. The first kappa shape index (κ1) is 86.4. The predicted octanol–water partition coefficient (Wildman–Crippen LogP) is -1.13. The third-order valence-corrected chi connectivity index (χ3v) is 0. The first-order valence-corrected chi connectivity index (χ1v) is 0. The van der Waals surface area contributed by atoms with Crippen LogP contribution in [0.2, 0.25) is 0 Å². The summed E-state index contributed by atoms with van der Waals surface area (Å²) in [6.45, 7) is 0. The van der Waals surface area contributed by atoms with E-state index in [9.17, 15) is 0 Å². The van der Waals surface area contributed by atoms with E-state index in [1.807, 2.05) is 0 Å². The topological polar surface area (TPSA) is 70.0 Å². The van der Waals surface area contributed by atoms with Gasteiger partial charge in [0.15, 0.2) is 0 Å². The van der Waals surface area contributed by atoms with E-state index in [1.54, 1.807) is 0 Å². The Morgan fingerprint density at radius 1 is 0.600 bits per heavy atom. The van der Waals surface area contributed by atoms with Gasteiger partial charge in [-0.1, -0.05) is 0 Å². The summed E-state index contributed by atoms with van der Waals surface area (Å²) < 4.78 is 0. The fourth-order valence-electron chi connectivity index (χ4n) is 0. The van der Waals surface area contributed by atoms with Crippen molar-refractivity contribution in [3.63, 3.8) is 0 Å². The molecule has 0 bridgehead atoms. The molecule has 5 heteroatoms. The second-order valence-corrected chi connectivity index (χ2v) is 0. The zero-order chi connectivity index (χ0) is 0. The van der Waals surface area contributed by atoms with Crippen LogP contribution in [0.3, 0.4) is 0 Å². The van der Waals surface area contributed by atoms with Crippen molar-refractivity contribution in [1.29, 1.82) is 0 Å². The van der Waals surface area contributed by atoms with Crippen molar-refractivity contribution in [2.75, 3.05) is 0 Å². The molecule has 0 aromatic rings. The van der Waals surface area contributed by atoms with Gasteiger partial charge in [-0.25, -0.2) is 0 Å². The molecule has 2 nitrogen and oxygen atoms in total. The Hall–Kier alpha value is 1.51. The van der Waals surface area contributed by atoms with Crippen molar-refractivity contribution < 1.29 is 42.1 Å². The molecular formula is H10N2SiW2. The van der Waals surface area contributed by atoms with E-state index in [0.717, 1.165) is 0 Å². The molecule has 0 aromatic heterocycles. The fraction of sp³-hybridized carbons (Fsp3) is 0. The molecule has 0 saturated carbocycles. The summed E-state index contributed by atoms with van der Waals surface area (Å²) in [5.74, 6) is 0. The third-order valence-electron chi connectivity index (χ3n) is 0. The molecule has 0 rings (SSSR count). The zero-order valence-electron chi connectivity index (χ0n) is 2.23. The van der Waals surface area contributed by atoms with Gasteiger partial charge in [-0.3, -0.25) is 0 Å². The smallest absolute Gasteiger partial charge is 0 e. The summed E-state index contributed by atoms with van der Waals surface area (Å²) in [5, 5.41) is 0. The molecular weight excluding hydrogens is 424 g/mol. The summed E-state index contributed by atoms with van der Waals surface area (Å²) in [4.78, 5) is 0. The van der Waals surface area contributed by atoms with Crippen molar-refractivity contribution in [2.45, 2.75) is 0 Å². The van der Waals surface area contributed by atoms with Gasteiger partial charge in [0.1, 0.15) is 0 Å². The number of hydrogen-bond acceptors (Lipinski definition) is 2. The van der Waals surface area contributed by atoms with E-state index >= 15 is 0 Å². The van der Waals surface area contributed by atoms with Crippen molar-refractivity contribution in [3.05, 3.63) is 0 Å². The predicted molar refractivity (Wildman–Crippen MR) is 21.4 cm³/mol. The molecule has 0 saturated heterocycles. The second-order valence-electron chi connectivity index (χ2n) is 0. The van der Waals surface area contributed by atoms with Crippen LogP contribution in [0.25, 0.3) is 0 Å². The number of hydrogen-bond donors (Lipinski definition) is 2. The van der Waals surface area contributed by atoms with Gasteiger partial charge in [-0.15, -0.1) is 0 Å². The molecule has 0 aliphatic rings. The quantitative estimate of drug-likeness (QED) is 0.475. The van der Waals surface area contributed by atoms with Crippen molar-refractivity contribution in [3.8, 4) is 0 Å². The maximum absolute atomic E-state index is 0. The van der Waals surface area contributed by atoms with Crippen LogP contribution in [0.1, 0.15) is 0 Å². The average Bonchev–Trinajstić information content (AvgIpc) is 0. The molecule has 0 heterocycles. The molecule has 0 unspecified atom stereocenters. The minimum Gasteiger partial charge on any atom is -0.344 e. The van der Waals surface area contributed by atoms with Gasteiger partial charge in [0, 0.05) is 42.1 Å². The van der Waals surface area contributed by atoms with Crippen LogP contribution >= 0.6 is 0 Å². The normalized spacial score (nSPS) is 0. The summed E-state index contributed by atoms with van der Waals surface area (Å²) in [6.07, 6.45) is 0. The first-order valence-electron chi connectivity index (χ1n) is 0. The zero-order valence-corrected chi connectivity index (χ0v) is 8.10. The molecule has 0 atom stereocenters. The van der Waals surface area contributed by atoms with E-state index < -0.39 is 0 Å². The van der Waals surface area contributed by atoms with E-state index in [2.05, 4.69) is 0 Å². The van der Waals surface area contributed by atoms with E-state index in [-0.39, 0.29) is 65.4 Å². The van der Waals surface area contributed by atoms with E-state index in [1.165, 1.54) is 0 Å². The minimum absolute atomic E-state index is 0. The van der Waals surface area contributed by atoms with Gasteiger partial charge < -0.3 is 12.3 Å². The van der Waals surface area contributed by atoms with Gasteiger partial charge in [0.25, 0.3) is 0 Å². The molecule has 6 N–H and O–H groups in total. The van der Waals surface area contributed by atoms with Crippen LogP contribution in [-0.2, 0) is 42.1 Å². The van der Waals surface area contributed by atoms with Crippen molar-refractivity contribution in [1.82, 2.24) is 12.3 Å². The van der Waals surface area contributed by atoms with Crippen LogP contribution in [0.4, 0.5) is 0 Å². The molecule has 0 aromatic carbocycles. The third kappa shape index (κ3) is 29.7. The van der Waals surface area contributed by atoms with Gasteiger partial charge in [-0.2, -0.15) is 0 Å². The standard InChI is InChI=1S/2H3N.H4Si.2W/h2*1H3;1H4;;. The van der Waals surface area contributed by atoms with Crippen LogP contribution in [0.15, 0.2) is 0 Å². The molecule has 0 fully saturated rings. The molecule has 36 valence electrons. The largest absolute Gasteiger partial charge is 0.344 e. The van der Waals surface area contributed by atoms with Gasteiger partial charge in [-0.05, 0) is 11.0 Å². The summed E-state index contributed by atoms with van der Waals surface area (Å²) in [6, 6.07) is 0. The first-order chi connectivity index (χ1) is 0. The Morgan fingerprint density at radius 2 is 0.600 bits per heavy atom. The second kappa shape index (κ2) is 49.0. The Kier molecular flexibility index (Phi) is 848. The fourth-order valence-corrected chi connectivity index (χ4v) is 0. The van der Waals surface area contributed by atoms with Crippen LogP contribution in [0.5, 0.6) is 0 Å². The Bertz CT molecular complexity index is 7.61. The summed E-state index contributed by atoms with van der Waals surface area (Å²) in [7, 11) is 0. The van der Waals surface area contributed by atoms with Crippen molar-refractivity contribution >= 4 is 11.0 Å². The Balaban J connectivity index is 0. The maximum atomic E-state index is 0. The van der Waals surface area contributed by atoms with E-state index in [0.29, 0.717) is 0 Å². The number of rotatable bonds is 0. The van der Waals surface area contributed by atoms with Crippen molar-refractivity contribution in [2.24, 2.45) is 0 Å². The molecule has 5 heavy (non-hydrogen) atoms. The van der Waals surface area contributed by atoms with Crippen LogP contribution in [0, 0.1) is 0 Å². The molecule has 0 aliphatic heterocycles. The van der Waals surface area contributed by atoms with Gasteiger partial charge >= 0.3 is 0 Å². The average molecular weight is 434 g/mol. The van der Waals surface area contributed by atoms with Gasteiger partial charge in [0.05, 0.1) is 0 Å². The molecule has 0 amide bonds. The Labute approximate surface area is 65.2 Å². The SMILES string of the molecule is N.N.[SiH4].[W].[W]. The molecule has 0 aliphatic carbocycles. The van der Waals surface area contributed by atoms with Crippen LogP contribution < -0.4 is 12.3 Å². The minimum atomic E-state index is 0. The monoisotopic (exact) mass is 434 g/mol. The van der Waals surface area contributed by atoms with E-state index in [4.69, 9.17) is 0 Å². The van der Waals surface area contributed by atoms with Gasteiger partial charge in [0.2, 0.25) is 0 Å². The maximum Gasteiger partial charge on any atom is 0 e. The Morgan fingerprint density at radius 3 is 0.600 bits per heavy atom. The molecule has 0 radical (unpaired) electrons. The van der Waals surface area contributed by atoms with Crippen LogP contribution in [-0.4, -0.2) is 11.0 Å². The summed E-state index contributed by atoms with van der Waals surface area (Å²) >= 11 is 0.